The molecule has 100 valence electrons. The summed E-state index contributed by atoms with van der Waals surface area (Å²) in [5.74, 6) is 0.643. The van der Waals surface area contributed by atoms with E-state index in [0.717, 1.165) is 0 Å². The summed E-state index contributed by atoms with van der Waals surface area (Å²) < 4.78 is 10.3. The number of ether oxygens (including phenoxy) is 2. The fourth-order valence-electron chi connectivity index (χ4n) is 1.25. The lowest BCUT2D eigenvalue weighted by Gasteiger charge is -2.16. The molecule has 18 heavy (non-hydrogen) atoms. The predicted octanol–water partition coefficient (Wildman–Crippen LogP) is 2.01. The zero-order chi connectivity index (χ0) is 13.4. The molecule has 0 spiro atoms. The van der Waals surface area contributed by atoms with Gasteiger partial charge in [0, 0.05) is 18.7 Å². The number of urea groups is 1. The van der Waals surface area contributed by atoms with Gasteiger partial charge in [0.05, 0.1) is 6.61 Å². The van der Waals surface area contributed by atoms with Gasteiger partial charge in [-0.05, 0) is 31.2 Å². The lowest BCUT2D eigenvalue weighted by atomic mass is 10.3. The highest BCUT2D eigenvalue weighted by atomic mass is 35.5. The van der Waals surface area contributed by atoms with Gasteiger partial charge in [-0.15, -0.1) is 0 Å². The molecule has 1 atom stereocenters. The number of methoxy groups -OCH3 is 1. The third-order valence-electron chi connectivity index (χ3n) is 2.05. The number of hydrogen-bond donors (Lipinski definition) is 2. The first-order chi connectivity index (χ1) is 8.61. The number of carbonyl (C=O) groups excluding carboxylic acids is 1. The van der Waals surface area contributed by atoms with E-state index in [1.165, 1.54) is 0 Å². The zero-order valence-corrected chi connectivity index (χ0v) is 11.2. The molecule has 1 rings (SSSR count). The van der Waals surface area contributed by atoms with Gasteiger partial charge >= 0.3 is 6.03 Å². The van der Waals surface area contributed by atoms with Crippen LogP contribution < -0.4 is 15.4 Å². The molecule has 5 nitrogen and oxygen atoms in total. The number of nitrogens with one attached hydrogen (secondary N) is 2. The van der Waals surface area contributed by atoms with Gasteiger partial charge in [-0.3, -0.25) is 0 Å². The molecule has 0 fully saturated rings. The van der Waals surface area contributed by atoms with Crippen molar-refractivity contribution < 1.29 is 14.3 Å². The lowest BCUT2D eigenvalue weighted by Crippen LogP contribution is -2.44. The Bertz CT molecular complexity index is 370. The van der Waals surface area contributed by atoms with Crippen LogP contribution in [0.4, 0.5) is 4.79 Å². The summed E-state index contributed by atoms with van der Waals surface area (Å²) in [6.07, 6.45) is -0.436. The van der Waals surface area contributed by atoms with E-state index in [1.807, 2.05) is 0 Å². The van der Waals surface area contributed by atoms with Crippen molar-refractivity contribution in [1.82, 2.24) is 10.6 Å². The second-order valence-corrected chi connectivity index (χ2v) is 4.04. The van der Waals surface area contributed by atoms with Crippen LogP contribution in [0.5, 0.6) is 5.75 Å². The SMILES string of the molecule is COCCNC(=O)NC(C)Oc1ccc(Cl)cc1. The number of halogens is 1. The Morgan fingerprint density at radius 1 is 1.39 bits per heavy atom. The molecule has 2 N–H and O–H groups in total. The minimum Gasteiger partial charge on any atom is -0.471 e. The van der Waals surface area contributed by atoms with Crippen molar-refractivity contribution in [2.45, 2.75) is 13.2 Å². The van der Waals surface area contributed by atoms with Crippen molar-refractivity contribution in [1.29, 1.82) is 0 Å². The molecule has 0 heterocycles. The van der Waals surface area contributed by atoms with Crippen molar-refractivity contribution in [2.75, 3.05) is 20.3 Å². The molecule has 2 amide bonds. The van der Waals surface area contributed by atoms with E-state index in [9.17, 15) is 4.79 Å². The van der Waals surface area contributed by atoms with E-state index < -0.39 is 6.23 Å². The lowest BCUT2D eigenvalue weighted by molar-refractivity contribution is 0.170. The molecule has 0 saturated heterocycles. The van der Waals surface area contributed by atoms with Crippen LogP contribution in [0, 0.1) is 0 Å². The maximum atomic E-state index is 11.4. The normalized spacial score (nSPS) is 11.7. The molecule has 1 aromatic carbocycles. The Morgan fingerprint density at radius 3 is 2.67 bits per heavy atom. The van der Waals surface area contributed by atoms with Crippen LogP contribution in [0.1, 0.15) is 6.92 Å². The number of carbonyl (C=O) groups is 1. The summed E-state index contributed by atoms with van der Waals surface area (Å²) >= 11 is 5.76. The van der Waals surface area contributed by atoms with Crippen LogP contribution in [-0.4, -0.2) is 32.5 Å². The standard InChI is InChI=1S/C12H17ClN2O3/c1-9(15-12(16)14-7-8-17-2)18-11-5-3-10(13)4-6-11/h3-6,9H,7-8H2,1-2H3,(H2,14,15,16). The van der Waals surface area contributed by atoms with Crippen molar-refractivity contribution in [3.8, 4) is 5.75 Å². The Kier molecular flexibility index (Phi) is 6.32. The van der Waals surface area contributed by atoms with Gasteiger partial charge in [0.1, 0.15) is 5.75 Å². The smallest absolute Gasteiger partial charge is 0.317 e. The number of rotatable bonds is 6. The van der Waals surface area contributed by atoms with Crippen LogP contribution in [0.25, 0.3) is 0 Å². The fraction of sp³-hybridized carbons (Fsp3) is 0.417. The largest absolute Gasteiger partial charge is 0.471 e. The average Bonchev–Trinajstić information content (AvgIpc) is 2.32. The summed E-state index contributed by atoms with van der Waals surface area (Å²) in [4.78, 5) is 11.4. The van der Waals surface area contributed by atoms with Gasteiger partial charge in [0.25, 0.3) is 0 Å². The molecular weight excluding hydrogens is 256 g/mol. The molecular formula is C12H17ClN2O3. The first kappa shape index (κ1) is 14.6. The molecule has 1 unspecified atom stereocenters. The summed E-state index contributed by atoms with van der Waals surface area (Å²) in [5, 5.41) is 5.91. The molecule has 1 aromatic rings. The maximum absolute atomic E-state index is 11.4. The van der Waals surface area contributed by atoms with E-state index in [2.05, 4.69) is 10.6 Å². The van der Waals surface area contributed by atoms with Gasteiger partial charge in [0.15, 0.2) is 6.23 Å². The van der Waals surface area contributed by atoms with E-state index in [1.54, 1.807) is 38.3 Å². The number of benzene rings is 1. The van der Waals surface area contributed by atoms with Crippen molar-refractivity contribution in [3.05, 3.63) is 29.3 Å². The maximum Gasteiger partial charge on any atom is 0.317 e. The fourth-order valence-corrected chi connectivity index (χ4v) is 1.38. The van der Waals surface area contributed by atoms with Gasteiger partial charge in [-0.25, -0.2) is 4.79 Å². The van der Waals surface area contributed by atoms with Crippen LogP contribution in [0.15, 0.2) is 24.3 Å². The van der Waals surface area contributed by atoms with Crippen LogP contribution in [0.3, 0.4) is 0 Å². The molecule has 6 heteroatoms. The quantitative estimate of drug-likeness (QED) is 0.615. The molecule has 0 saturated carbocycles. The summed E-state index contributed by atoms with van der Waals surface area (Å²) in [6, 6.07) is 6.63. The number of amides is 2. The summed E-state index contributed by atoms with van der Waals surface area (Å²) in [5.41, 5.74) is 0. The second-order valence-electron chi connectivity index (χ2n) is 3.61. The van der Waals surface area contributed by atoms with E-state index >= 15 is 0 Å². The van der Waals surface area contributed by atoms with Crippen LogP contribution in [-0.2, 0) is 4.74 Å². The molecule has 0 aliphatic rings. The van der Waals surface area contributed by atoms with Crippen molar-refractivity contribution in [2.24, 2.45) is 0 Å². The number of hydrogen-bond acceptors (Lipinski definition) is 3. The second kappa shape index (κ2) is 7.79. The Balaban J connectivity index is 2.30. The first-order valence-corrected chi connectivity index (χ1v) is 5.95. The predicted molar refractivity (Wildman–Crippen MR) is 70.0 cm³/mol. The molecule has 0 aliphatic heterocycles. The molecule has 0 bridgehead atoms. The first-order valence-electron chi connectivity index (χ1n) is 5.57. The molecule has 0 aromatic heterocycles. The summed E-state index contributed by atoms with van der Waals surface area (Å²) in [7, 11) is 1.58. The highest BCUT2D eigenvalue weighted by molar-refractivity contribution is 6.30. The van der Waals surface area contributed by atoms with E-state index in [-0.39, 0.29) is 6.03 Å². The Hall–Kier alpha value is -1.46. The average molecular weight is 273 g/mol. The van der Waals surface area contributed by atoms with Crippen molar-refractivity contribution in [3.63, 3.8) is 0 Å². The third kappa shape index (κ3) is 5.75. The zero-order valence-electron chi connectivity index (χ0n) is 10.4. The van der Waals surface area contributed by atoms with Gasteiger partial charge in [-0.1, -0.05) is 11.6 Å². The van der Waals surface area contributed by atoms with Gasteiger partial charge in [-0.2, -0.15) is 0 Å². The van der Waals surface area contributed by atoms with Crippen LogP contribution in [0.2, 0.25) is 5.02 Å². The minimum atomic E-state index is -0.436. The minimum absolute atomic E-state index is 0.298. The van der Waals surface area contributed by atoms with E-state index in [0.29, 0.717) is 23.9 Å². The van der Waals surface area contributed by atoms with E-state index in [4.69, 9.17) is 21.1 Å². The highest BCUT2D eigenvalue weighted by Crippen LogP contribution is 2.16. The highest BCUT2D eigenvalue weighted by Gasteiger charge is 2.07. The molecule has 0 radical (unpaired) electrons. The third-order valence-corrected chi connectivity index (χ3v) is 2.30. The van der Waals surface area contributed by atoms with Gasteiger partial charge in [0.2, 0.25) is 0 Å². The molecule has 0 aliphatic carbocycles. The monoisotopic (exact) mass is 272 g/mol. The Morgan fingerprint density at radius 2 is 2.06 bits per heavy atom. The topological polar surface area (TPSA) is 59.6 Å². The Labute approximate surface area is 111 Å². The van der Waals surface area contributed by atoms with Crippen molar-refractivity contribution >= 4 is 17.6 Å². The van der Waals surface area contributed by atoms with Gasteiger partial charge < -0.3 is 20.1 Å². The van der Waals surface area contributed by atoms with Crippen LogP contribution >= 0.6 is 11.6 Å². The summed E-state index contributed by atoms with van der Waals surface area (Å²) in [6.45, 7) is 2.67.